The van der Waals surface area contributed by atoms with Crippen LogP contribution in [0.2, 0.25) is 0 Å². The maximum atomic E-state index is 11.7. The van der Waals surface area contributed by atoms with Crippen molar-refractivity contribution >= 4 is 22.5 Å². The lowest BCUT2D eigenvalue weighted by Crippen LogP contribution is -2.36. The van der Waals surface area contributed by atoms with Gasteiger partial charge >= 0.3 is 5.97 Å². The first-order valence-electron chi connectivity index (χ1n) is 7.68. The van der Waals surface area contributed by atoms with Crippen molar-refractivity contribution in [2.24, 2.45) is 5.92 Å². The number of aromatic nitrogens is 2. The highest BCUT2D eigenvalue weighted by atomic mass is 32.1. The predicted octanol–water partition coefficient (Wildman–Crippen LogP) is 2.14. The number of likely N-dealkylation sites (tertiary alicyclic amines) is 1. The van der Waals surface area contributed by atoms with Crippen molar-refractivity contribution in [3.8, 4) is 0 Å². The van der Waals surface area contributed by atoms with Gasteiger partial charge in [-0.1, -0.05) is 11.4 Å². The van der Waals surface area contributed by atoms with E-state index in [4.69, 9.17) is 4.74 Å². The van der Waals surface area contributed by atoms with Crippen LogP contribution in [0.3, 0.4) is 0 Å². The largest absolute Gasteiger partial charge is 0.466 e. The highest BCUT2D eigenvalue weighted by molar-refractivity contribution is 7.10. The molecule has 0 radical (unpaired) electrons. The number of esters is 1. The van der Waals surface area contributed by atoms with Crippen molar-refractivity contribution in [3.63, 3.8) is 0 Å². The molecule has 0 spiro atoms. The van der Waals surface area contributed by atoms with E-state index < -0.39 is 0 Å². The zero-order chi connectivity index (χ0) is 15.1. The number of anilines is 1. The van der Waals surface area contributed by atoms with Gasteiger partial charge in [0, 0.05) is 24.6 Å². The summed E-state index contributed by atoms with van der Waals surface area (Å²) in [6.45, 7) is 8.03. The van der Waals surface area contributed by atoms with Gasteiger partial charge in [-0.05, 0) is 39.3 Å². The van der Waals surface area contributed by atoms with E-state index in [9.17, 15) is 4.79 Å². The van der Waals surface area contributed by atoms with E-state index in [2.05, 4.69) is 26.7 Å². The molecule has 2 heterocycles. The van der Waals surface area contributed by atoms with Crippen molar-refractivity contribution in [3.05, 3.63) is 5.69 Å². The SMILES string of the molecule is CCCNc1snnc1CN1CCC(C(=O)OCC)CC1. The average molecular weight is 312 g/mol. The summed E-state index contributed by atoms with van der Waals surface area (Å²) < 4.78 is 9.13. The van der Waals surface area contributed by atoms with Gasteiger partial charge in [0.05, 0.1) is 12.5 Å². The van der Waals surface area contributed by atoms with Crippen LogP contribution in [0.4, 0.5) is 5.00 Å². The Balaban J connectivity index is 1.81. The molecule has 0 saturated carbocycles. The van der Waals surface area contributed by atoms with E-state index in [1.165, 1.54) is 11.5 Å². The van der Waals surface area contributed by atoms with E-state index in [1.807, 2.05) is 6.92 Å². The molecule has 1 N–H and O–H groups in total. The van der Waals surface area contributed by atoms with Crippen LogP contribution in [0.5, 0.6) is 0 Å². The first-order chi connectivity index (χ1) is 10.2. The summed E-state index contributed by atoms with van der Waals surface area (Å²) in [5, 5.41) is 8.66. The third-order valence-electron chi connectivity index (χ3n) is 3.67. The maximum absolute atomic E-state index is 11.7. The van der Waals surface area contributed by atoms with Gasteiger partial charge in [-0.2, -0.15) is 0 Å². The molecule has 1 saturated heterocycles. The fourth-order valence-electron chi connectivity index (χ4n) is 2.48. The zero-order valence-electron chi connectivity index (χ0n) is 12.8. The van der Waals surface area contributed by atoms with Crippen LogP contribution >= 0.6 is 11.5 Å². The lowest BCUT2D eigenvalue weighted by Gasteiger charge is -2.30. The summed E-state index contributed by atoms with van der Waals surface area (Å²) >= 11 is 1.42. The summed E-state index contributed by atoms with van der Waals surface area (Å²) in [6.07, 6.45) is 2.82. The minimum atomic E-state index is -0.0437. The van der Waals surface area contributed by atoms with Crippen molar-refractivity contribution in [2.45, 2.75) is 39.7 Å². The summed E-state index contributed by atoms with van der Waals surface area (Å²) in [4.78, 5) is 14.1. The molecule has 1 aromatic heterocycles. The van der Waals surface area contributed by atoms with Gasteiger partial charge in [-0.3, -0.25) is 9.69 Å². The van der Waals surface area contributed by atoms with Crippen LogP contribution in [0.15, 0.2) is 0 Å². The molecular formula is C14H24N4O2S. The molecule has 1 aromatic rings. The Labute approximate surface area is 130 Å². The second-order valence-corrected chi connectivity index (χ2v) is 6.03. The second kappa shape index (κ2) is 8.29. The Bertz CT molecular complexity index is 444. The van der Waals surface area contributed by atoms with Crippen molar-refractivity contribution in [2.75, 3.05) is 31.6 Å². The second-order valence-electron chi connectivity index (χ2n) is 5.28. The van der Waals surface area contributed by atoms with Gasteiger partial charge in [0.15, 0.2) is 0 Å². The molecule has 0 atom stereocenters. The molecule has 2 rings (SSSR count). The maximum Gasteiger partial charge on any atom is 0.309 e. The van der Waals surface area contributed by atoms with Gasteiger partial charge in [0.1, 0.15) is 10.7 Å². The molecule has 0 bridgehead atoms. The quantitative estimate of drug-likeness (QED) is 0.778. The number of carbonyl (C=O) groups is 1. The lowest BCUT2D eigenvalue weighted by molar-refractivity contribution is -0.149. The molecular weight excluding hydrogens is 288 g/mol. The normalized spacial score (nSPS) is 16.9. The Kier molecular flexibility index (Phi) is 6.38. The fourth-order valence-corrected chi connectivity index (χ4v) is 3.08. The monoisotopic (exact) mass is 312 g/mol. The van der Waals surface area contributed by atoms with E-state index >= 15 is 0 Å². The standard InChI is InChI=1S/C14H24N4O2S/c1-3-7-15-13-12(16-17-21-13)10-18-8-5-11(6-9-18)14(19)20-4-2/h11,15H,3-10H2,1-2H3. The van der Waals surface area contributed by atoms with Gasteiger partial charge in [-0.15, -0.1) is 5.10 Å². The summed E-state index contributed by atoms with van der Waals surface area (Å²) in [6, 6.07) is 0. The fraction of sp³-hybridized carbons (Fsp3) is 0.786. The van der Waals surface area contributed by atoms with E-state index in [1.54, 1.807) is 0 Å². The average Bonchev–Trinajstić information content (AvgIpc) is 2.93. The highest BCUT2D eigenvalue weighted by Crippen LogP contribution is 2.23. The van der Waals surface area contributed by atoms with E-state index in [0.29, 0.717) is 6.61 Å². The van der Waals surface area contributed by atoms with Crippen molar-refractivity contribution in [1.82, 2.24) is 14.5 Å². The third kappa shape index (κ3) is 4.64. The molecule has 6 nitrogen and oxygen atoms in total. The molecule has 0 amide bonds. The topological polar surface area (TPSA) is 67.4 Å². The first kappa shape index (κ1) is 16.2. The summed E-state index contributed by atoms with van der Waals surface area (Å²) in [7, 11) is 0. The highest BCUT2D eigenvalue weighted by Gasteiger charge is 2.26. The van der Waals surface area contributed by atoms with E-state index in [0.717, 1.165) is 56.1 Å². The molecule has 0 aromatic carbocycles. The van der Waals surface area contributed by atoms with Gasteiger partial charge in [0.2, 0.25) is 0 Å². The number of piperidine rings is 1. The number of rotatable bonds is 7. The molecule has 1 fully saturated rings. The number of carbonyl (C=O) groups excluding carboxylic acids is 1. The number of nitrogens with one attached hydrogen (secondary N) is 1. The minimum absolute atomic E-state index is 0.0437. The summed E-state index contributed by atoms with van der Waals surface area (Å²) in [5.41, 5.74) is 1.02. The van der Waals surface area contributed by atoms with Crippen LogP contribution in [0.1, 0.15) is 38.8 Å². The number of hydrogen-bond acceptors (Lipinski definition) is 7. The van der Waals surface area contributed by atoms with Gasteiger partial charge in [-0.25, -0.2) is 0 Å². The first-order valence-corrected chi connectivity index (χ1v) is 8.46. The van der Waals surface area contributed by atoms with Crippen LogP contribution in [-0.4, -0.2) is 46.7 Å². The third-order valence-corrected chi connectivity index (χ3v) is 4.40. The Hall–Kier alpha value is -1.21. The molecule has 21 heavy (non-hydrogen) atoms. The van der Waals surface area contributed by atoms with Crippen molar-refractivity contribution < 1.29 is 9.53 Å². The summed E-state index contributed by atoms with van der Waals surface area (Å²) in [5.74, 6) is 0.0187. The number of ether oxygens (including phenoxy) is 1. The molecule has 0 unspecified atom stereocenters. The van der Waals surface area contributed by atoms with Crippen LogP contribution in [-0.2, 0) is 16.1 Å². The number of nitrogens with zero attached hydrogens (tertiary/aromatic N) is 3. The Morgan fingerprint density at radius 2 is 2.19 bits per heavy atom. The van der Waals surface area contributed by atoms with Gasteiger partial charge in [0.25, 0.3) is 0 Å². The Morgan fingerprint density at radius 1 is 1.43 bits per heavy atom. The number of hydrogen-bond donors (Lipinski definition) is 1. The Morgan fingerprint density at radius 3 is 2.86 bits per heavy atom. The van der Waals surface area contributed by atoms with Crippen molar-refractivity contribution in [1.29, 1.82) is 0 Å². The minimum Gasteiger partial charge on any atom is -0.466 e. The smallest absolute Gasteiger partial charge is 0.309 e. The molecule has 1 aliphatic heterocycles. The van der Waals surface area contributed by atoms with Crippen LogP contribution < -0.4 is 5.32 Å². The van der Waals surface area contributed by atoms with E-state index in [-0.39, 0.29) is 11.9 Å². The lowest BCUT2D eigenvalue weighted by atomic mass is 9.97. The molecule has 1 aliphatic rings. The van der Waals surface area contributed by atoms with Gasteiger partial charge < -0.3 is 10.1 Å². The molecule has 7 heteroatoms. The van der Waals surface area contributed by atoms with Crippen LogP contribution in [0, 0.1) is 5.92 Å². The molecule has 118 valence electrons. The van der Waals surface area contributed by atoms with Crippen LogP contribution in [0.25, 0.3) is 0 Å². The predicted molar refractivity (Wildman–Crippen MR) is 83.3 cm³/mol. The molecule has 0 aliphatic carbocycles. The zero-order valence-corrected chi connectivity index (χ0v) is 13.6.